The van der Waals surface area contributed by atoms with Gasteiger partial charge in [0.05, 0.1) is 0 Å². The number of rotatable bonds is 5. The molecule has 6 heteroatoms. The summed E-state index contributed by atoms with van der Waals surface area (Å²) >= 11 is 0. The van der Waals surface area contributed by atoms with Gasteiger partial charge in [-0.2, -0.15) is 0 Å². The summed E-state index contributed by atoms with van der Waals surface area (Å²) in [5.41, 5.74) is 6.83. The van der Waals surface area contributed by atoms with Crippen molar-refractivity contribution in [1.82, 2.24) is 5.32 Å². The van der Waals surface area contributed by atoms with Crippen LogP contribution in [0.4, 0.5) is 0 Å². The van der Waals surface area contributed by atoms with E-state index < -0.39 is 0 Å². The number of allylic oxidation sites excluding steroid dienone is 2. The molecule has 5 rings (SSSR count). The first-order valence-electron chi connectivity index (χ1n) is 15.7. The van der Waals surface area contributed by atoms with Crippen LogP contribution in [-0.2, 0) is 19.1 Å². The van der Waals surface area contributed by atoms with Crippen LogP contribution in [0.5, 0.6) is 0 Å². The molecular formula is C33H52N2O4. The van der Waals surface area contributed by atoms with Crippen molar-refractivity contribution in [3.05, 3.63) is 11.6 Å². The molecule has 0 saturated heterocycles. The molecule has 1 amide bonds. The van der Waals surface area contributed by atoms with Crippen LogP contribution in [0.15, 0.2) is 11.6 Å². The summed E-state index contributed by atoms with van der Waals surface area (Å²) in [6.45, 7) is 14.5. The number of carbonyl (C=O) groups is 3. The molecule has 0 bridgehead atoms. The van der Waals surface area contributed by atoms with Crippen molar-refractivity contribution in [3.63, 3.8) is 0 Å². The Hall–Kier alpha value is -1.69. The molecule has 39 heavy (non-hydrogen) atoms. The summed E-state index contributed by atoms with van der Waals surface area (Å²) in [7, 11) is 0. The standard InChI is InChI=1S/C33H52N2O4/c1-20(36)39-27-11-15-33(6)26(30(27,2)3)10-14-32(5)23-9-13-31(4)12-8-21(29(38)35-17-7-16-34)18-24(31)22(23)19-25(37)28(32)33/h19,21,23-24,26-28H,7-18,34H2,1-6H3,(H,35,38). The van der Waals surface area contributed by atoms with E-state index in [2.05, 4.69) is 46.0 Å². The first-order chi connectivity index (χ1) is 18.3. The van der Waals surface area contributed by atoms with Gasteiger partial charge in [-0.05, 0) is 111 Å². The molecule has 3 N–H and O–H groups in total. The molecule has 4 fully saturated rings. The number of hydrogen-bond donors (Lipinski definition) is 2. The average Bonchev–Trinajstić information content (AvgIpc) is 2.84. The van der Waals surface area contributed by atoms with Crippen LogP contribution in [0.25, 0.3) is 0 Å². The number of esters is 1. The van der Waals surface area contributed by atoms with E-state index in [0.29, 0.717) is 36.6 Å². The molecule has 4 saturated carbocycles. The van der Waals surface area contributed by atoms with E-state index in [9.17, 15) is 14.4 Å². The number of ether oxygens (including phenoxy) is 1. The highest BCUT2D eigenvalue weighted by molar-refractivity contribution is 5.95. The summed E-state index contributed by atoms with van der Waals surface area (Å²) in [5, 5.41) is 3.12. The minimum absolute atomic E-state index is 0.00152. The zero-order valence-electron chi connectivity index (χ0n) is 25.2. The van der Waals surface area contributed by atoms with Crippen LogP contribution >= 0.6 is 0 Å². The molecule has 0 aromatic heterocycles. The van der Waals surface area contributed by atoms with Gasteiger partial charge >= 0.3 is 5.97 Å². The molecular weight excluding hydrogens is 488 g/mol. The first-order valence-corrected chi connectivity index (χ1v) is 15.7. The van der Waals surface area contributed by atoms with Crippen molar-refractivity contribution in [2.24, 2.45) is 57.0 Å². The third-order valence-corrected chi connectivity index (χ3v) is 12.7. The number of nitrogens with two attached hydrogens (primary N) is 1. The molecule has 5 aliphatic rings. The Morgan fingerprint density at radius 2 is 1.67 bits per heavy atom. The van der Waals surface area contributed by atoms with E-state index in [0.717, 1.165) is 57.8 Å². The van der Waals surface area contributed by atoms with Crippen LogP contribution in [0.1, 0.15) is 106 Å². The number of ketones is 1. The fraction of sp³-hybridized carbons (Fsp3) is 0.848. The topological polar surface area (TPSA) is 98.5 Å². The number of carbonyl (C=O) groups excluding carboxylic acids is 3. The maximum Gasteiger partial charge on any atom is 0.302 e. The van der Waals surface area contributed by atoms with E-state index in [4.69, 9.17) is 10.5 Å². The van der Waals surface area contributed by atoms with E-state index in [-0.39, 0.29) is 51.5 Å². The van der Waals surface area contributed by atoms with Crippen molar-refractivity contribution in [1.29, 1.82) is 0 Å². The number of hydrogen-bond acceptors (Lipinski definition) is 5. The zero-order chi connectivity index (χ0) is 28.4. The monoisotopic (exact) mass is 540 g/mol. The number of nitrogens with one attached hydrogen (secondary N) is 1. The second-order valence-electron chi connectivity index (χ2n) is 15.2. The van der Waals surface area contributed by atoms with Crippen molar-refractivity contribution >= 4 is 17.7 Å². The molecule has 5 aliphatic carbocycles. The van der Waals surface area contributed by atoms with E-state index >= 15 is 0 Å². The lowest BCUT2D eigenvalue weighted by Gasteiger charge is -2.67. The molecule has 0 aromatic rings. The average molecular weight is 541 g/mol. The van der Waals surface area contributed by atoms with E-state index in [1.54, 1.807) is 0 Å². The van der Waals surface area contributed by atoms with Crippen molar-refractivity contribution in [2.75, 3.05) is 13.1 Å². The highest BCUT2D eigenvalue weighted by Gasteiger charge is 2.67. The lowest BCUT2D eigenvalue weighted by atomic mass is 9.37. The molecule has 0 heterocycles. The van der Waals surface area contributed by atoms with Crippen LogP contribution in [0.3, 0.4) is 0 Å². The number of fused-ring (bicyclic) bond motifs is 7. The first kappa shape index (κ1) is 28.8. The summed E-state index contributed by atoms with van der Waals surface area (Å²) in [6, 6.07) is 0. The molecule has 6 nitrogen and oxygen atoms in total. The van der Waals surface area contributed by atoms with Gasteiger partial charge in [-0.3, -0.25) is 14.4 Å². The lowest BCUT2D eigenvalue weighted by molar-refractivity contribution is -0.200. The van der Waals surface area contributed by atoms with Crippen LogP contribution in [0.2, 0.25) is 0 Å². The van der Waals surface area contributed by atoms with Gasteiger partial charge in [0.15, 0.2) is 5.78 Å². The summed E-state index contributed by atoms with van der Waals surface area (Å²) in [5.74, 6) is 1.34. The lowest BCUT2D eigenvalue weighted by Crippen LogP contribution is -2.64. The SMILES string of the molecule is CC(=O)OC1CCC2(C)C(CCC3(C)C4CCC5(C)CCC(C(=O)NCCCN)CC5C4=CC(=O)C32)C1(C)C. The van der Waals surface area contributed by atoms with Gasteiger partial charge in [-0.1, -0.05) is 40.2 Å². The third kappa shape index (κ3) is 4.51. The molecule has 0 aromatic carbocycles. The van der Waals surface area contributed by atoms with E-state index in [1.165, 1.54) is 18.9 Å². The molecule has 218 valence electrons. The van der Waals surface area contributed by atoms with Crippen LogP contribution < -0.4 is 11.1 Å². The van der Waals surface area contributed by atoms with Crippen molar-refractivity contribution in [2.45, 2.75) is 112 Å². The summed E-state index contributed by atoms with van der Waals surface area (Å²) in [6.07, 6.45) is 11.8. The van der Waals surface area contributed by atoms with Crippen LogP contribution in [-0.4, -0.2) is 36.9 Å². The molecule has 9 atom stereocenters. The van der Waals surface area contributed by atoms with Gasteiger partial charge in [0.1, 0.15) is 6.10 Å². The summed E-state index contributed by atoms with van der Waals surface area (Å²) < 4.78 is 5.83. The molecule has 0 spiro atoms. The quantitative estimate of drug-likeness (QED) is 0.350. The Labute approximate surface area is 235 Å². The normalized spacial score (nSPS) is 44.6. The zero-order valence-corrected chi connectivity index (χ0v) is 25.2. The van der Waals surface area contributed by atoms with Gasteiger partial charge in [0.25, 0.3) is 0 Å². The molecule has 9 unspecified atom stereocenters. The van der Waals surface area contributed by atoms with Gasteiger partial charge in [0.2, 0.25) is 5.91 Å². The highest BCUT2D eigenvalue weighted by atomic mass is 16.5. The Balaban J connectivity index is 1.45. The second kappa shape index (κ2) is 9.99. The Kier molecular flexibility index (Phi) is 7.39. The second-order valence-corrected chi connectivity index (χ2v) is 15.2. The Morgan fingerprint density at radius 1 is 0.974 bits per heavy atom. The number of amides is 1. The highest BCUT2D eigenvalue weighted by Crippen LogP contribution is 2.71. The minimum atomic E-state index is -0.206. The predicted octanol–water partition coefficient (Wildman–Crippen LogP) is 5.58. The van der Waals surface area contributed by atoms with Crippen LogP contribution in [0, 0.1) is 51.2 Å². The molecule has 0 radical (unpaired) electrons. The van der Waals surface area contributed by atoms with E-state index in [1.807, 2.05) is 0 Å². The van der Waals surface area contributed by atoms with Gasteiger partial charge in [-0.25, -0.2) is 0 Å². The Bertz CT molecular complexity index is 1050. The molecule has 0 aliphatic heterocycles. The smallest absolute Gasteiger partial charge is 0.302 e. The largest absolute Gasteiger partial charge is 0.462 e. The maximum atomic E-state index is 14.3. The predicted molar refractivity (Wildman–Crippen MR) is 152 cm³/mol. The maximum absolute atomic E-state index is 14.3. The fourth-order valence-electron chi connectivity index (χ4n) is 10.8. The van der Waals surface area contributed by atoms with Crippen molar-refractivity contribution in [3.8, 4) is 0 Å². The van der Waals surface area contributed by atoms with Crippen molar-refractivity contribution < 1.29 is 19.1 Å². The summed E-state index contributed by atoms with van der Waals surface area (Å²) in [4.78, 5) is 39.3. The minimum Gasteiger partial charge on any atom is -0.462 e. The van der Waals surface area contributed by atoms with Gasteiger partial charge in [-0.15, -0.1) is 0 Å². The van der Waals surface area contributed by atoms with Gasteiger partial charge in [0, 0.05) is 30.7 Å². The van der Waals surface area contributed by atoms with Gasteiger partial charge < -0.3 is 15.8 Å². The fourth-order valence-corrected chi connectivity index (χ4v) is 10.8. The Morgan fingerprint density at radius 3 is 2.36 bits per heavy atom. The third-order valence-electron chi connectivity index (χ3n) is 12.7.